The normalized spacial score (nSPS) is 10.5. The van der Waals surface area contributed by atoms with E-state index >= 15 is 0 Å². The van der Waals surface area contributed by atoms with E-state index in [1.54, 1.807) is 6.07 Å². The number of carbonyl (C=O) groups excluding carboxylic acids is 1. The van der Waals surface area contributed by atoms with E-state index in [1.807, 2.05) is 19.1 Å². The second kappa shape index (κ2) is 6.23. The van der Waals surface area contributed by atoms with E-state index in [4.69, 9.17) is 9.15 Å². The molecule has 5 heteroatoms. The molecule has 0 N–H and O–H groups in total. The van der Waals surface area contributed by atoms with E-state index in [1.165, 1.54) is 13.2 Å². The van der Waals surface area contributed by atoms with Crippen LogP contribution in [-0.2, 0) is 9.53 Å². The lowest BCUT2D eigenvalue weighted by atomic mass is 10.1. The average molecular weight is 276 g/mol. The van der Waals surface area contributed by atoms with Gasteiger partial charge in [-0.3, -0.25) is 4.79 Å². The van der Waals surface area contributed by atoms with E-state index in [2.05, 4.69) is 4.74 Å². The maximum absolute atomic E-state index is 11.3. The van der Waals surface area contributed by atoms with E-state index in [-0.39, 0.29) is 11.6 Å². The molecule has 0 unspecified atom stereocenters. The maximum Gasteiger partial charge on any atom is 0.336 e. The van der Waals surface area contributed by atoms with Crippen LogP contribution in [0.2, 0.25) is 0 Å². The van der Waals surface area contributed by atoms with Crippen LogP contribution in [0.4, 0.5) is 0 Å². The molecule has 106 valence electrons. The molecule has 0 atom stereocenters. The molecule has 1 heterocycles. The topological polar surface area (TPSA) is 65.7 Å². The van der Waals surface area contributed by atoms with Crippen LogP contribution in [0.3, 0.4) is 0 Å². The van der Waals surface area contributed by atoms with Crippen LogP contribution in [0.1, 0.15) is 18.4 Å². The van der Waals surface area contributed by atoms with Crippen LogP contribution >= 0.6 is 0 Å². The molecule has 2 aromatic rings. The predicted molar refractivity (Wildman–Crippen MR) is 74.0 cm³/mol. The Morgan fingerprint density at radius 2 is 2.10 bits per heavy atom. The Morgan fingerprint density at radius 1 is 1.30 bits per heavy atom. The standard InChI is InChI=1S/C15H16O5/c1-10-8-15(17)20-13-9-11(5-6-12(10)13)19-7-3-4-14(16)18-2/h5-6,8-9H,3-4,7H2,1-2H3. The lowest BCUT2D eigenvalue weighted by Crippen LogP contribution is -2.04. The van der Waals surface area contributed by atoms with Crippen molar-refractivity contribution in [3.63, 3.8) is 0 Å². The number of hydrogen-bond acceptors (Lipinski definition) is 5. The molecule has 5 nitrogen and oxygen atoms in total. The third kappa shape index (κ3) is 3.38. The van der Waals surface area contributed by atoms with Crippen molar-refractivity contribution in [3.8, 4) is 5.75 Å². The zero-order valence-corrected chi connectivity index (χ0v) is 11.5. The van der Waals surface area contributed by atoms with Crippen molar-refractivity contribution in [1.82, 2.24) is 0 Å². The van der Waals surface area contributed by atoms with Crippen LogP contribution in [0.25, 0.3) is 11.0 Å². The number of hydrogen-bond donors (Lipinski definition) is 0. The molecule has 0 saturated carbocycles. The summed E-state index contributed by atoms with van der Waals surface area (Å²) in [6.07, 6.45) is 0.890. The summed E-state index contributed by atoms with van der Waals surface area (Å²) in [5.74, 6) is 0.352. The zero-order chi connectivity index (χ0) is 14.5. The lowest BCUT2D eigenvalue weighted by Gasteiger charge is -2.07. The van der Waals surface area contributed by atoms with E-state index in [9.17, 15) is 9.59 Å². The van der Waals surface area contributed by atoms with Crippen LogP contribution in [0.15, 0.2) is 33.5 Å². The SMILES string of the molecule is COC(=O)CCCOc1ccc2c(C)cc(=O)oc2c1. The number of esters is 1. The molecule has 20 heavy (non-hydrogen) atoms. The average Bonchev–Trinajstić information content (AvgIpc) is 2.42. The summed E-state index contributed by atoms with van der Waals surface area (Å²) in [5.41, 5.74) is 0.992. The third-order valence-corrected chi connectivity index (χ3v) is 2.94. The van der Waals surface area contributed by atoms with Gasteiger partial charge in [0.25, 0.3) is 0 Å². The minimum absolute atomic E-state index is 0.256. The Bertz CT molecular complexity index is 672. The van der Waals surface area contributed by atoms with Crippen molar-refractivity contribution in [2.75, 3.05) is 13.7 Å². The summed E-state index contributed by atoms with van der Waals surface area (Å²) in [7, 11) is 1.36. The van der Waals surface area contributed by atoms with E-state index in [0.717, 1.165) is 10.9 Å². The first-order valence-electron chi connectivity index (χ1n) is 6.34. The first kappa shape index (κ1) is 14.1. The summed E-state index contributed by atoms with van der Waals surface area (Å²) in [5, 5.41) is 0.881. The van der Waals surface area contributed by atoms with Gasteiger partial charge in [-0.15, -0.1) is 0 Å². The highest BCUT2D eigenvalue weighted by atomic mass is 16.5. The Balaban J connectivity index is 2.05. The first-order chi connectivity index (χ1) is 9.60. The van der Waals surface area contributed by atoms with Gasteiger partial charge in [0.2, 0.25) is 0 Å². The Hall–Kier alpha value is -2.30. The third-order valence-electron chi connectivity index (χ3n) is 2.94. The molecule has 0 amide bonds. The highest BCUT2D eigenvalue weighted by Crippen LogP contribution is 2.22. The van der Waals surface area contributed by atoms with Gasteiger partial charge < -0.3 is 13.9 Å². The number of ether oxygens (including phenoxy) is 2. The fourth-order valence-corrected chi connectivity index (χ4v) is 1.90. The minimum Gasteiger partial charge on any atom is -0.493 e. The van der Waals surface area contributed by atoms with Crippen LogP contribution < -0.4 is 10.4 Å². The number of aryl methyl sites for hydroxylation is 1. The smallest absolute Gasteiger partial charge is 0.336 e. The molecule has 0 fully saturated rings. The van der Waals surface area contributed by atoms with Gasteiger partial charge in [0.05, 0.1) is 13.7 Å². The van der Waals surface area contributed by atoms with Gasteiger partial charge in [-0.05, 0) is 31.0 Å². The van der Waals surface area contributed by atoms with Crippen molar-refractivity contribution >= 4 is 16.9 Å². The molecule has 2 rings (SSSR count). The molecule has 0 saturated heterocycles. The first-order valence-corrected chi connectivity index (χ1v) is 6.34. The summed E-state index contributed by atoms with van der Waals surface area (Å²) in [6.45, 7) is 2.26. The Labute approximate surface area is 116 Å². The molecule has 0 aliphatic carbocycles. The molecule has 0 aliphatic rings. The van der Waals surface area contributed by atoms with Gasteiger partial charge in [0, 0.05) is 23.9 Å². The van der Waals surface area contributed by atoms with Gasteiger partial charge in [0.15, 0.2) is 0 Å². The number of methoxy groups -OCH3 is 1. The second-order valence-electron chi connectivity index (χ2n) is 4.43. The van der Waals surface area contributed by atoms with Crippen LogP contribution in [0.5, 0.6) is 5.75 Å². The van der Waals surface area contributed by atoms with Crippen molar-refractivity contribution in [2.45, 2.75) is 19.8 Å². The van der Waals surface area contributed by atoms with Crippen LogP contribution in [-0.4, -0.2) is 19.7 Å². The van der Waals surface area contributed by atoms with Gasteiger partial charge >= 0.3 is 11.6 Å². The van der Waals surface area contributed by atoms with Gasteiger partial charge in [0.1, 0.15) is 11.3 Å². The molecular weight excluding hydrogens is 260 g/mol. The van der Waals surface area contributed by atoms with Gasteiger partial charge in [-0.25, -0.2) is 4.79 Å². The minimum atomic E-state index is -0.377. The maximum atomic E-state index is 11.3. The fourth-order valence-electron chi connectivity index (χ4n) is 1.90. The van der Waals surface area contributed by atoms with E-state index in [0.29, 0.717) is 30.8 Å². The monoisotopic (exact) mass is 276 g/mol. The van der Waals surface area contributed by atoms with Crippen LogP contribution in [0, 0.1) is 6.92 Å². The molecule has 0 aliphatic heterocycles. The quantitative estimate of drug-likeness (QED) is 0.476. The summed E-state index contributed by atoms with van der Waals surface area (Å²) >= 11 is 0. The molecule has 0 bridgehead atoms. The zero-order valence-electron chi connectivity index (χ0n) is 11.5. The van der Waals surface area contributed by atoms with Crippen molar-refractivity contribution < 1.29 is 18.7 Å². The van der Waals surface area contributed by atoms with Gasteiger partial charge in [-0.2, -0.15) is 0 Å². The number of rotatable bonds is 5. The summed E-state index contributed by atoms with van der Waals surface area (Å²) in [6, 6.07) is 6.80. The second-order valence-corrected chi connectivity index (χ2v) is 4.43. The van der Waals surface area contributed by atoms with Gasteiger partial charge in [-0.1, -0.05) is 0 Å². The highest BCUT2D eigenvalue weighted by molar-refractivity contribution is 5.81. The summed E-state index contributed by atoms with van der Waals surface area (Å²) in [4.78, 5) is 22.3. The number of benzene rings is 1. The number of carbonyl (C=O) groups is 1. The molecular formula is C15H16O5. The largest absolute Gasteiger partial charge is 0.493 e. The molecule has 0 radical (unpaired) electrons. The Kier molecular flexibility index (Phi) is 4.40. The summed E-state index contributed by atoms with van der Waals surface area (Å²) < 4.78 is 15.2. The predicted octanol–water partition coefficient (Wildman–Crippen LogP) is 2.43. The number of fused-ring (bicyclic) bond motifs is 1. The van der Waals surface area contributed by atoms with Crippen molar-refractivity contribution in [3.05, 3.63) is 40.2 Å². The highest BCUT2D eigenvalue weighted by Gasteiger charge is 2.05. The molecule has 1 aromatic heterocycles. The molecule has 1 aromatic carbocycles. The van der Waals surface area contributed by atoms with E-state index < -0.39 is 0 Å². The van der Waals surface area contributed by atoms with Crippen molar-refractivity contribution in [2.24, 2.45) is 0 Å². The van der Waals surface area contributed by atoms with Crippen molar-refractivity contribution in [1.29, 1.82) is 0 Å². The lowest BCUT2D eigenvalue weighted by molar-refractivity contribution is -0.140. The molecule has 0 spiro atoms. The fraction of sp³-hybridized carbons (Fsp3) is 0.333. The Morgan fingerprint density at radius 3 is 2.85 bits per heavy atom.